The van der Waals surface area contributed by atoms with Crippen LogP contribution in [0.25, 0.3) is 0 Å². The van der Waals surface area contributed by atoms with Crippen LogP contribution in [0, 0.1) is 6.92 Å². The topological polar surface area (TPSA) is 95.5 Å². The maximum atomic E-state index is 12.5. The van der Waals surface area contributed by atoms with E-state index < -0.39 is 21.8 Å². The smallest absolute Gasteiger partial charge is 0.261 e. The van der Waals surface area contributed by atoms with Gasteiger partial charge in [-0.1, -0.05) is 60.2 Å². The summed E-state index contributed by atoms with van der Waals surface area (Å²) in [6.07, 6.45) is 0. The van der Waals surface area contributed by atoms with Crippen molar-refractivity contribution in [2.45, 2.75) is 17.7 Å². The third-order valence-electron chi connectivity index (χ3n) is 4.33. The molecule has 0 saturated heterocycles. The van der Waals surface area contributed by atoms with Gasteiger partial charge < -0.3 is 0 Å². The van der Waals surface area contributed by atoms with Crippen LogP contribution < -0.4 is 10.2 Å². The second kappa shape index (κ2) is 8.24. The van der Waals surface area contributed by atoms with E-state index in [1.807, 2.05) is 13.0 Å². The summed E-state index contributed by atoms with van der Waals surface area (Å²) in [5, 5.41) is 9.09. The monoisotopic (exact) mass is 396 g/mol. The van der Waals surface area contributed by atoms with Gasteiger partial charge in [-0.05, 0) is 42.3 Å². The first-order valence-electron chi connectivity index (χ1n) is 8.59. The van der Waals surface area contributed by atoms with Crippen LogP contribution in [0.1, 0.15) is 22.6 Å². The molecule has 0 fully saturated rings. The molecule has 0 spiro atoms. The summed E-state index contributed by atoms with van der Waals surface area (Å²) < 4.78 is 27.5. The SMILES string of the molecule is Cc1ccc(S(=O)(=O)Nc2ccc(C(C(=O)NO)c3ccccc3)cc2)cc1. The highest BCUT2D eigenvalue weighted by molar-refractivity contribution is 7.92. The summed E-state index contributed by atoms with van der Waals surface area (Å²) in [6.45, 7) is 1.88. The lowest BCUT2D eigenvalue weighted by atomic mass is 9.90. The lowest BCUT2D eigenvalue weighted by Gasteiger charge is -2.16. The lowest BCUT2D eigenvalue weighted by Crippen LogP contribution is -2.27. The van der Waals surface area contributed by atoms with Crippen LogP contribution in [0.5, 0.6) is 0 Å². The number of aryl methyl sites for hydroxylation is 1. The molecule has 1 unspecified atom stereocenters. The molecule has 3 N–H and O–H groups in total. The molecular weight excluding hydrogens is 376 g/mol. The molecule has 0 aliphatic heterocycles. The van der Waals surface area contributed by atoms with E-state index >= 15 is 0 Å². The van der Waals surface area contributed by atoms with Crippen molar-refractivity contribution in [3.63, 3.8) is 0 Å². The van der Waals surface area contributed by atoms with Crippen LogP contribution in [-0.2, 0) is 14.8 Å². The predicted octanol–water partition coefficient (Wildman–Crippen LogP) is 3.43. The third-order valence-corrected chi connectivity index (χ3v) is 5.73. The predicted molar refractivity (Wildman–Crippen MR) is 107 cm³/mol. The Morgan fingerprint density at radius 2 is 1.43 bits per heavy atom. The Hall–Kier alpha value is -3.16. The number of benzene rings is 3. The number of carbonyl (C=O) groups is 1. The van der Waals surface area contributed by atoms with Crippen molar-refractivity contribution in [2.24, 2.45) is 0 Å². The minimum atomic E-state index is -3.71. The number of hydrogen-bond acceptors (Lipinski definition) is 4. The fourth-order valence-corrected chi connectivity index (χ4v) is 3.94. The van der Waals surface area contributed by atoms with E-state index in [0.29, 0.717) is 16.8 Å². The number of anilines is 1. The molecule has 28 heavy (non-hydrogen) atoms. The van der Waals surface area contributed by atoms with Crippen molar-refractivity contribution in [1.29, 1.82) is 0 Å². The molecule has 0 aromatic heterocycles. The van der Waals surface area contributed by atoms with Crippen molar-refractivity contribution in [2.75, 3.05) is 4.72 Å². The van der Waals surface area contributed by atoms with Crippen LogP contribution in [0.4, 0.5) is 5.69 Å². The molecule has 7 heteroatoms. The number of nitrogens with one attached hydrogen (secondary N) is 2. The van der Waals surface area contributed by atoms with E-state index in [1.165, 1.54) is 0 Å². The number of hydrogen-bond donors (Lipinski definition) is 3. The first-order valence-corrected chi connectivity index (χ1v) is 10.1. The van der Waals surface area contributed by atoms with Gasteiger partial charge in [0.1, 0.15) is 0 Å². The van der Waals surface area contributed by atoms with Crippen molar-refractivity contribution in [1.82, 2.24) is 5.48 Å². The van der Waals surface area contributed by atoms with E-state index in [4.69, 9.17) is 5.21 Å². The molecule has 1 atom stereocenters. The van der Waals surface area contributed by atoms with Gasteiger partial charge in [-0.15, -0.1) is 0 Å². The molecule has 3 aromatic carbocycles. The fourth-order valence-electron chi connectivity index (χ4n) is 2.88. The van der Waals surface area contributed by atoms with E-state index in [1.54, 1.807) is 78.3 Å². The van der Waals surface area contributed by atoms with Gasteiger partial charge in [-0.3, -0.25) is 14.7 Å². The summed E-state index contributed by atoms with van der Waals surface area (Å²) in [6, 6.07) is 22.0. The highest BCUT2D eigenvalue weighted by Gasteiger charge is 2.22. The van der Waals surface area contributed by atoms with Crippen LogP contribution >= 0.6 is 0 Å². The number of carbonyl (C=O) groups excluding carboxylic acids is 1. The molecule has 0 radical (unpaired) electrons. The zero-order chi connectivity index (χ0) is 20.1. The Morgan fingerprint density at radius 3 is 2.00 bits per heavy atom. The van der Waals surface area contributed by atoms with Crippen LogP contribution in [0.3, 0.4) is 0 Å². The van der Waals surface area contributed by atoms with E-state index in [2.05, 4.69) is 4.72 Å². The molecular formula is C21H20N2O4S. The van der Waals surface area contributed by atoms with Crippen molar-refractivity contribution >= 4 is 21.6 Å². The second-order valence-corrected chi connectivity index (χ2v) is 8.04. The molecule has 3 rings (SSSR count). The van der Waals surface area contributed by atoms with Crippen LogP contribution in [0.15, 0.2) is 83.8 Å². The standard InChI is InChI=1S/C21H20N2O4S/c1-15-7-13-19(14-8-15)28(26,27)23-18-11-9-17(10-12-18)20(21(24)22-25)16-5-3-2-4-6-16/h2-14,20,23,25H,1H3,(H,22,24). The Labute approximate surface area is 163 Å². The highest BCUT2D eigenvalue weighted by Crippen LogP contribution is 2.26. The largest absolute Gasteiger partial charge is 0.289 e. The lowest BCUT2D eigenvalue weighted by molar-refractivity contribution is -0.129. The average Bonchev–Trinajstić information content (AvgIpc) is 2.70. The van der Waals surface area contributed by atoms with Gasteiger partial charge in [0.2, 0.25) is 0 Å². The number of amides is 1. The summed E-state index contributed by atoms with van der Waals surface area (Å²) >= 11 is 0. The Kier molecular flexibility index (Phi) is 5.77. The molecule has 0 saturated carbocycles. The highest BCUT2D eigenvalue weighted by atomic mass is 32.2. The molecule has 1 amide bonds. The normalized spacial score (nSPS) is 12.2. The summed E-state index contributed by atoms with van der Waals surface area (Å²) in [4.78, 5) is 12.3. The molecule has 0 bridgehead atoms. The quantitative estimate of drug-likeness (QED) is 0.439. The number of sulfonamides is 1. The van der Waals surface area contributed by atoms with E-state index in [-0.39, 0.29) is 4.90 Å². The second-order valence-electron chi connectivity index (χ2n) is 6.36. The van der Waals surface area contributed by atoms with Gasteiger partial charge in [0.25, 0.3) is 15.9 Å². The minimum Gasteiger partial charge on any atom is -0.289 e. The van der Waals surface area contributed by atoms with Crippen LogP contribution in [-0.4, -0.2) is 19.5 Å². The first-order chi connectivity index (χ1) is 13.4. The molecule has 0 heterocycles. The van der Waals surface area contributed by atoms with Gasteiger partial charge >= 0.3 is 0 Å². The maximum Gasteiger partial charge on any atom is 0.261 e. The minimum absolute atomic E-state index is 0.170. The molecule has 144 valence electrons. The fraction of sp³-hybridized carbons (Fsp3) is 0.0952. The Morgan fingerprint density at radius 1 is 0.857 bits per heavy atom. The van der Waals surface area contributed by atoms with Crippen LogP contribution in [0.2, 0.25) is 0 Å². The van der Waals surface area contributed by atoms with E-state index in [0.717, 1.165) is 5.56 Å². The van der Waals surface area contributed by atoms with Gasteiger partial charge in [0.05, 0.1) is 10.8 Å². The van der Waals surface area contributed by atoms with Crippen molar-refractivity contribution in [3.05, 3.63) is 95.6 Å². The van der Waals surface area contributed by atoms with E-state index in [9.17, 15) is 13.2 Å². The van der Waals surface area contributed by atoms with Gasteiger partial charge in [0, 0.05) is 5.69 Å². The molecule has 6 nitrogen and oxygen atoms in total. The zero-order valence-corrected chi connectivity index (χ0v) is 16.0. The van der Waals surface area contributed by atoms with Crippen molar-refractivity contribution < 1.29 is 18.4 Å². The first kappa shape index (κ1) is 19.6. The molecule has 0 aliphatic rings. The van der Waals surface area contributed by atoms with Crippen molar-refractivity contribution in [3.8, 4) is 0 Å². The Balaban J connectivity index is 1.86. The third kappa shape index (κ3) is 4.39. The summed E-state index contributed by atoms with van der Waals surface area (Å²) in [5.74, 6) is -1.28. The zero-order valence-electron chi connectivity index (χ0n) is 15.2. The van der Waals surface area contributed by atoms with Gasteiger partial charge in [-0.2, -0.15) is 0 Å². The summed E-state index contributed by atoms with van der Waals surface area (Å²) in [7, 11) is -3.71. The average molecular weight is 396 g/mol. The molecule has 0 aliphatic carbocycles. The van der Waals surface area contributed by atoms with Gasteiger partial charge in [-0.25, -0.2) is 13.9 Å². The van der Waals surface area contributed by atoms with Gasteiger partial charge in [0.15, 0.2) is 0 Å². The Bertz CT molecular complexity index is 1050. The molecule has 3 aromatic rings. The maximum absolute atomic E-state index is 12.5. The number of hydroxylamine groups is 1. The number of rotatable bonds is 6. The summed E-state index contributed by atoms with van der Waals surface area (Å²) in [5.41, 5.74) is 4.37.